The molecule has 0 unspecified atom stereocenters. The molecule has 1 fully saturated rings. The molecule has 1 saturated heterocycles. The highest BCUT2D eigenvalue weighted by atomic mass is 35.5. The van der Waals surface area contributed by atoms with E-state index in [2.05, 4.69) is 13.8 Å². The normalized spacial score (nSPS) is 24.0. The lowest BCUT2D eigenvalue weighted by Gasteiger charge is -2.34. The molecule has 0 amide bonds. The van der Waals surface area contributed by atoms with Gasteiger partial charge < -0.3 is 4.74 Å². The van der Waals surface area contributed by atoms with E-state index < -0.39 is 10.0 Å². The van der Waals surface area contributed by atoms with Crippen molar-refractivity contribution in [1.82, 2.24) is 4.31 Å². The number of halogens is 2. The molecule has 1 aliphatic heterocycles. The zero-order chi connectivity index (χ0) is 15.8. The van der Waals surface area contributed by atoms with Crippen LogP contribution in [-0.2, 0) is 10.0 Å². The fourth-order valence-corrected chi connectivity index (χ4v) is 5.34. The number of hydrogen-bond acceptors (Lipinski definition) is 3. The van der Waals surface area contributed by atoms with Crippen LogP contribution in [0.3, 0.4) is 0 Å². The quantitative estimate of drug-likeness (QED) is 0.834. The standard InChI is InChI=1S/C14H19Cl2NO3S/c1-9-4-10(2)8-17(7-9)21(18,19)11-5-12(15)14(20-3)13(16)6-11/h5-6,9-10H,4,7-8H2,1-3H3/t9-,10+. The van der Waals surface area contributed by atoms with E-state index in [0.717, 1.165) is 6.42 Å². The van der Waals surface area contributed by atoms with Crippen molar-refractivity contribution in [2.45, 2.75) is 25.2 Å². The summed E-state index contributed by atoms with van der Waals surface area (Å²) in [6.45, 7) is 5.17. The Morgan fingerprint density at radius 3 is 2.05 bits per heavy atom. The molecule has 21 heavy (non-hydrogen) atoms. The maximum Gasteiger partial charge on any atom is 0.243 e. The Morgan fingerprint density at radius 1 is 1.14 bits per heavy atom. The number of ether oxygens (including phenoxy) is 1. The van der Waals surface area contributed by atoms with Crippen molar-refractivity contribution in [1.29, 1.82) is 0 Å². The molecule has 0 radical (unpaired) electrons. The number of benzene rings is 1. The first-order valence-corrected chi connectivity index (χ1v) is 8.98. The van der Waals surface area contributed by atoms with Gasteiger partial charge in [-0.15, -0.1) is 0 Å². The minimum atomic E-state index is -3.59. The first-order valence-electron chi connectivity index (χ1n) is 6.79. The molecule has 1 aromatic rings. The molecule has 0 saturated carbocycles. The SMILES string of the molecule is COc1c(Cl)cc(S(=O)(=O)N2C[C@H](C)C[C@H](C)C2)cc1Cl. The highest BCUT2D eigenvalue weighted by Gasteiger charge is 2.32. The van der Waals surface area contributed by atoms with Gasteiger partial charge in [0.15, 0.2) is 5.75 Å². The van der Waals surface area contributed by atoms with Gasteiger partial charge in [0, 0.05) is 13.1 Å². The van der Waals surface area contributed by atoms with Gasteiger partial charge in [-0.3, -0.25) is 0 Å². The van der Waals surface area contributed by atoms with Crippen molar-refractivity contribution in [2.75, 3.05) is 20.2 Å². The molecule has 0 aliphatic carbocycles. The molecular formula is C14H19Cl2NO3S. The largest absolute Gasteiger partial charge is 0.494 e. The molecule has 1 aromatic carbocycles. The molecule has 118 valence electrons. The summed E-state index contributed by atoms with van der Waals surface area (Å²) in [4.78, 5) is 0.111. The monoisotopic (exact) mass is 351 g/mol. The lowest BCUT2D eigenvalue weighted by Crippen LogP contribution is -2.42. The van der Waals surface area contributed by atoms with Gasteiger partial charge in [0.1, 0.15) is 0 Å². The molecule has 0 N–H and O–H groups in total. The number of methoxy groups -OCH3 is 1. The zero-order valence-corrected chi connectivity index (χ0v) is 14.6. The van der Waals surface area contributed by atoms with Crippen LogP contribution < -0.4 is 4.74 Å². The van der Waals surface area contributed by atoms with Gasteiger partial charge >= 0.3 is 0 Å². The van der Waals surface area contributed by atoms with E-state index in [-0.39, 0.29) is 20.7 Å². The number of nitrogens with zero attached hydrogens (tertiary/aromatic N) is 1. The maximum absolute atomic E-state index is 12.8. The second kappa shape index (κ2) is 6.32. The molecule has 1 heterocycles. The Hall–Kier alpha value is -0.490. The van der Waals surface area contributed by atoms with Gasteiger partial charge in [-0.25, -0.2) is 8.42 Å². The van der Waals surface area contributed by atoms with Crippen molar-refractivity contribution in [3.63, 3.8) is 0 Å². The van der Waals surface area contributed by atoms with E-state index in [0.29, 0.717) is 24.9 Å². The van der Waals surface area contributed by atoms with Gasteiger partial charge in [-0.05, 0) is 30.4 Å². The molecule has 2 rings (SSSR count). The van der Waals surface area contributed by atoms with Gasteiger partial charge in [0.05, 0.1) is 22.1 Å². The second-order valence-electron chi connectivity index (χ2n) is 5.69. The van der Waals surface area contributed by atoms with Crippen molar-refractivity contribution >= 4 is 33.2 Å². The lowest BCUT2D eigenvalue weighted by atomic mass is 9.94. The molecular weight excluding hydrogens is 333 g/mol. The molecule has 0 aromatic heterocycles. The van der Waals surface area contributed by atoms with Gasteiger partial charge in [-0.2, -0.15) is 4.31 Å². The van der Waals surface area contributed by atoms with Crippen molar-refractivity contribution in [3.05, 3.63) is 22.2 Å². The van der Waals surface area contributed by atoms with Crippen LogP contribution in [0.25, 0.3) is 0 Å². The second-order valence-corrected chi connectivity index (χ2v) is 8.44. The van der Waals surface area contributed by atoms with Crippen LogP contribution in [0.5, 0.6) is 5.75 Å². The van der Waals surface area contributed by atoms with Crippen LogP contribution in [0.2, 0.25) is 10.0 Å². The van der Waals surface area contributed by atoms with Crippen LogP contribution in [0.15, 0.2) is 17.0 Å². The summed E-state index contributed by atoms with van der Waals surface area (Å²) in [6.07, 6.45) is 1.04. The third kappa shape index (κ3) is 3.47. The molecule has 7 heteroatoms. The summed E-state index contributed by atoms with van der Waals surface area (Å²) in [7, 11) is -2.15. The lowest BCUT2D eigenvalue weighted by molar-refractivity contribution is 0.222. The Bertz CT molecular complexity index is 600. The van der Waals surface area contributed by atoms with E-state index >= 15 is 0 Å². The highest BCUT2D eigenvalue weighted by molar-refractivity contribution is 7.89. The van der Waals surface area contributed by atoms with Gasteiger partial charge in [0.2, 0.25) is 10.0 Å². The van der Waals surface area contributed by atoms with Crippen LogP contribution in [0.4, 0.5) is 0 Å². The van der Waals surface area contributed by atoms with E-state index in [1.807, 2.05) is 0 Å². The molecule has 4 nitrogen and oxygen atoms in total. The number of sulfonamides is 1. The predicted octanol–water partition coefficient (Wildman–Crippen LogP) is 3.67. The Kier molecular flexibility index (Phi) is 5.08. The average molecular weight is 352 g/mol. The van der Waals surface area contributed by atoms with Crippen molar-refractivity contribution in [2.24, 2.45) is 11.8 Å². The number of rotatable bonds is 3. The Morgan fingerprint density at radius 2 is 1.62 bits per heavy atom. The topological polar surface area (TPSA) is 46.6 Å². The number of piperidine rings is 1. The fourth-order valence-electron chi connectivity index (χ4n) is 2.83. The van der Waals surface area contributed by atoms with Crippen LogP contribution in [-0.4, -0.2) is 32.9 Å². The zero-order valence-electron chi connectivity index (χ0n) is 12.3. The minimum Gasteiger partial charge on any atom is -0.494 e. The summed E-state index contributed by atoms with van der Waals surface area (Å²) in [5.74, 6) is 0.970. The average Bonchev–Trinajstić information content (AvgIpc) is 2.37. The van der Waals surface area contributed by atoms with Gasteiger partial charge in [-0.1, -0.05) is 37.0 Å². The minimum absolute atomic E-state index is 0.111. The van der Waals surface area contributed by atoms with Crippen molar-refractivity contribution in [3.8, 4) is 5.75 Å². The third-order valence-corrected chi connectivity index (χ3v) is 6.02. The third-order valence-electron chi connectivity index (χ3n) is 3.65. The van der Waals surface area contributed by atoms with Crippen LogP contribution in [0.1, 0.15) is 20.3 Å². The summed E-state index contributed by atoms with van der Waals surface area (Å²) >= 11 is 12.1. The highest BCUT2D eigenvalue weighted by Crippen LogP contribution is 2.36. The summed E-state index contributed by atoms with van der Waals surface area (Å²) in [6, 6.07) is 2.79. The van der Waals surface area contributed by atoms with E-state index in [9.17, 15) is 8.42 Å². The fraction of sp³-hybridized carbons (Fsp3) is 0.571. The maximum atomic E-state index is 12.8. The smallest absolute Gasteiger partial charge is 0.243 e. The van der Waals surface area contributed by atoms with Crippen LogP contribution in [0, 0.1) is 11.8 Å². The molecule has 1 aliphatic rings. The Labute approximate surface area is 136 Å². The Balaban J connectivity index is 2.40. The molecule has 2 atom stereocenters. The first kappa shape index (κ1) is 16.9. The van der Waals surface area contributed by atoms with Gasteiger partial charge in [0.25, 0.3) is 0 Å². The van der Waals surface area contributed by atoms with Crippen molar-refractivity contribution < 1.29 is 13.2 Å². The summed E-state index contributed by atoms with van der Waals surface area (Å²) < 4.78 is 32.1. The van der Waals surface area contributed by atoms with E-state index in [1.165, 1.54) is 23.5 Å². The molecule has 0 spiro atoms. The summed E-state index contributed by atoms with van der Waals surface area (Å²) in [5.41, 5.74) is 0. The van der Waals surface area contributed by atoms with E-state index in [4.69, 9.17) is 27.9 Å². The number of hydrogen-bond donors (Lipinski definition) is 0. The van der Waals surface area contributed by atoms with Crippen LogP contribution >= 0.6 is 23.2 Å². The van der Waals surface area contributed by atoms with E-state index in [1.54, 1.807) is 0 Å². The predicted molar refractivity (Wildman–Crippen MR) is 84.7 cm³/mol. The first-order chi connectivity index (χ1) is 9.75. The summed E-state index contributed by atoms with van der Waals surface area (Å²) in [5, 5.41) is 0.392. The molecule has 0 bridgehead atoms.